The van der Waals surface area contributed by atoms with Crippen LogP contribution in [-0.4, -0.2) is 29.4 Å². The summed E-state index contributed by atoms with van der Waals surface area (Å²) in [6, 6.07) is 0. The van der Waals surface area contributed by atoms with Gasteiger partial charge in [-0.2, -0.15) is 0 Å². The number of nitrogens with one attached hydrogen (secondary N) is 1. The van der Waals surface area contributed by atoms with E-state index in [0.29, 0.717) is 0 Å². The van der Waals surface area contributed by atoms with Crippen molar-refractivity contribution in [2.75, 3.05) is 13.1 Å². The molecule has 1 heterocycles. The van der Waals surface area contributed by atoms with Gasteiger partial charge < -0.3 is 0 Å². The summed E-state index contributed by atoms with van der Waals surface area (Å²) in [7, 11) is -0.0256. The quantitative estimate of drug-likeness (QED) is 0.726. The first-order valence-electron chi connectivity index (χ1n) is 5.91. The predicted octanol–water partition coefficient (Wildman–Crippen LogP) is 3.19. The van der Waals surface area contributed by atoms with Crippen molar-refractivity contribution in [2.24, 2.45) is 0 Å². The van der Waals surface area contributed by atoms with Crippen LogP contribution >= 0.6 is 8.07 Å². The molecule has 0 aliphatic carbocycles. The second-order valence-electron chi connectivity index (χ2n) is 4.74. The van der Waals surface area contributed by atoms with E-state index in [-0.39, 0.29) is 8.07 Å². The normalized spacial score (nSPS) is 19.9. The summed E-state index contributed by atoms with van der Waals surface area (Å²) in [5.74, 6) is 0. The molecule has 1 N–H and O–H groups in total. The molecule has 1 aliphatic heterocycles. The largest absolute Gasteiger partial charge is 0.241 e. The van der Waals surface area contributed by atoms with Crippen LogP contribution in [0.1, 0.15) is 47.0 Å². The molecule has 1 rings (SSSR count). The summed E-state index contributed by atoms with van der Waals surface area (Å²) < 4.78 is 0. The van der Waals surface area contributed by atoms with Gasteiger partial charge >= 0.3 is 0 Å². The minimum Gasteiger partial charge on any atom is -0.241 e. The molecule has 0 aromatic carbocycles. The van der Waals surface area contributed by atoms with Crippen molar-refractivity contribution >= 4 is 8.07 Å². The van der Waals surface area contributed by atoms with Gasteiger partial charge in [-0.25, -0.2) is 10.2 Å². The zero-order chi connectivity index (χ0) is 10.6. The van der Waals surface area contributed by atoms with Gasteiger partial charge in [0, 0.05) is 13.1 Å². The molecular weight excluding hydrogens is 191 g/mol. The molecule has 1 fully saturated rings. The van der Waals surface area contributed by atoms with Gasteiger partial charge in [-0.1, -0.05) is 34.1 Å². The van der Waals surface area contributed by atoms with Gasteiger partial charge in [-0.15, -0.1) is 0 Å². The highest BCUT2D eigenvalue weighted by Gasteiger charge is 2.20. The van der Waals surface area contributed by atoms with Crippen LogP contribution in [0.4, 0.5) is 0 Å². The fourth-order valence-electron chi connectivity index (χ4n) is 1.98. The number of hydrazine groups is 1. The monoisotopic (exact) mass is 216 g/mol. The highest BCUT2D eigenvalue weighted by atomic mass is 31.1. The number of piperidine rings is 1. The van der Waals surface area contributed by atoms with Crippen molar-refractivity contribution in [3.8, 4) is 0 Å². The van der Waals surface area contributed by atoms with E-state index in [1.807, 2.05) is 0 Å². The fourth-order valence-corrected chi connectivity index (χ4v) is 4.17. The van der Waals surface area contributed by atoms with Gasteiger partial charge in [0.25, 0.3) is 0 Å². The maximum atomic E-state index is 3.75. The van der Waals surface area contributed by atoms with E-state index < -0.39 is 0 Å². The van der Waals surface area contributed by atoms with Crippen molar-refractivity contribution in [1.29, 1.82) is 0 Å². The summed E-state index contributed by atoms with van der Waals surface area (Å²) in [6.45, 7) is 11.8. The van der Waals surface area contributed by atoms with Gasteiger partial charge in [0.1, 0.15) is 0 Å². The second kappa shape index (κ2) is 6.05. The lowest BCUT2D eigenvalue weighted by atomic mass is 10.2. The third-order valence-electron chi connectivity index (χ3n) is 2.73. The van der Waals surface area contributed by atoms with Crippen molar-refractivity contribution in [1.82, 2.24) is 10.2 Å². The first kappa shape index (κ1) is 12.4. The summed E-state index contributed by atoms with van der Waals surface area (Å²) in [5, 5.41) is 6.21. The average molecular weight is 216 g/mol. The standard InChI is InChI=1S/C11H25N2P/c1-10(2)14(11(3)4)12-13-8-6-5-7-9-13/h10-12H,5-9H2,1-4H3. The molecule has 84 valence electrons. The highest BCUT2D eigenvalue weighted by molar-refractivity contribution is 7.56. The molecule has 0 atom stereocenters. The Morgan fingerprint density at radius 2 is 1.43 bits per heavy atom. The van der Waals surface area contributed by atoms with Crippen molar-refractivity contribution < 1.29 is 0 Å². The SMILES string of the molecule is CC(C)P(NN1CCCCC1)C(C)C. The smallest absolute Gasteiger partial charge is 0.0134 e. The van der Waals surface area contributed by atoms with Gasteiger partial charge in [-0.05, 0) is 32.2 Å². The molecule has 2 nitrogen and oxygen atoms in total. The van der Waals surface area contributed by atoms with E-state index in [1.54, 1.807) is 0 Å². The summed E-state index contributed by atoms with van der Waals surface area (Å²) >= 11 is 0. The van der Waals surface area contributed by atoms with Gasteiger partial charge in [0.2, 0.25) is 0 Å². The molecular formula is C11H25N2P. The Morgan fingerprint density at radius 3 is 1.86 bits per heavy atom. The van der Waals surface area contributed by atoms with Crippen molar-refractivity contribution in [3.63, 3.8) is 0 Å². The van der Waals surface area contributed by atoms with Crippen LogP contribution < -0.4 is 5.20 Å². The van der Waals surface area contributed by atoms with Gasteiger partial charge in [0.15, 0.2) is 0 Å². The van der Waals surface area contributed by atoms with Crippen LogP contribution in [-0.2, 0) is 0 Å². The maximum absolute atomic E-state index is 3.75. The number of nitrogens with zero attached hydrogens (tertiary/aromatic N) is 1. The highest BCUT2D eigenvalue weighted by Crippen LogP contribution is 2.42. The van der Waals surface area contributed by atoms with Crippen LogP contribution in [0.15, 0.2) is 0 Å². The van der Waals surface area contributed by atoms with Crippen LogP contribution in [0.2, 0.25) is 0 Å². The molecule has 0 radical (unpaired) electrons. The lowest BCUT2D eigenvalue weighted by Gasteiger charge is -2.35. The molecule has 0 amide bonds. The van der Waals surface area contributed by atoms with Crippen LogP contribution in [0, 0.1) is 0 Å². The Bertz CT molecular complexity index is 145. The van der Waals surface area contributed by atoms with Gasteiger partial charge in [0.05, 0.1) is 0 Å². The van der Waals surface area contributed by atoms with Crippen LogP contribution in [0.3, 0.4) is 0 Å². The molecule has 0 aromatic heterocycles. The zero-order valence-corrected chi connectivity index (χ0v) is 11.0. The molecule has 0 spiro atoms. The maximum Gasteiger partial charge on any atom is 0.0134 e. The summed E-state index contributed by atoms with van der Waals surface area (Å²) in [4.78, 5) is 0. The zero-order valence-electron chi connectivity index (χ0n) is 10.1. The molecule has 1 saturated heterocycles. The van der Waals surface area contributed by atoms with E-state index in [0.717, 1.165) is 11.3 Å². The third-order valence-corrected chi connectivity index (χ3v) is 5.46. The van der Waals surface area contributed by atoms with E-state index >= 15 is 0 Å². The number of rotatable bonds is 4. The first-order valence-corrected chi connectivity index (χ1v) is 7.39. The van der Waals surface area contributed by atoms with Crippen molar-refractivity contribution in [2.45, 2.75) is 58.3 Å². The Morgan fingerprint density at radius 1 is 0.929 bits per heavy atom. The Labute approximate surface area is 90.2 Å². The topological polar surface area (TPSA) is 15.3 Å². The van der Waals surface area contributed by atoms with E-state index in [9.17, 15) is 0 Å². The van der Waals surface area contributed by atoms with E-state index in [2.05, 4.69) is 37.9 Å². The minimum absolute atomic E-state index is 0.0256. The number of hydrogen-bond donors (Lipinski definition) is 1. The second-order valence-corrected chi connectivity index (χ2v) is 7.82. The molecule has 1 aliphatic rings. The molecule has 0 aromatic rings. The first-order chi connectivity index (χ1) is 6.61. The minimum atomic E-state index is -0.0256. The molecule has 0 bridgehead atoms. The van der Waals surface area contributed by atoms with Crippen LogP contribution in [0.25, 0.3) is 0 Å². The fraction of sp³-hybridized carbons (Fsp3) is 1.00. The summed E-state index contributed by atoms with van der Waals surface area (Å²) in [5.41, 5.74) is 1.57. The van der Waals surface area contributed by atoms with E-state index in [4.69, 9.17) is 0 Å². The Hall–Kier alpha value is 0.350. The van der Waals surface area contributed by atoms with Crippen molar-refractivity contribution in [3.05, 3.63) is 0 Å². The molecule has 14 heavy (non-hydrogen) atoms. The summed E-state index contributed by atoms with van der Waals surface area (Å²) in [6.07, 6.45) is 4.15. The molecule has 0 saturated carbocycles. The molecule has 0 unspecified atom stereocenters. The lowest BCUT2D eigenvalue weighted by molar-refractivity contribution is 0.202. The lowest BCUT2D eigenvalue weighted by Crippen LogP contribution is -2.40. The van der Waals surface area contributed by atoms with Crippen LogP contribution in [0.5, 0.6) is 0 Å². The number of hydrogen-bond acceptors (Lipinski definition) is 2. The Kier molecular flexibility index (Phi) is 5.36. The Balaban J connectivity index is 2.37. The third kappa shape index (κ3) is 3.84. The average Bonchev–Trinajstić information content (AvgIpc) is 2.15. The predicted molar refractivity (Wildman–Crippen MR) is 65.8 cm³/mol. The molecule has 3 heteroatoms. The van der Waals surface area contributed by atoms with E-state index in [1.165, 1.54) is 32.4 Å². The van der Waals surface area contributed by atoms with Gasteiger partial charge in [-0.3, -0.25) is 0 Å².